The first-order valence-corrected chi connectivity index (χ1v) is 2.28. The Morgan fingerprint density at radius 2 is 2.22 bits per heavy atom. The summed E-state index contributed by atoms with van der Waals surface area (Å²) in [6, 6.07) is 0. The molecule has 0 rings (SSSR count). The fourth-order valence-electron chi connectivity index (χ4n) is 0.196. The Bertz CT molecular complexity index is 137. The van der Waals surface area contributed by atoms with Crippen LogP contribution in [0.3, 0.4) is 0 Å². The predicted octanol–water partition coefficient (Wildman–Crippen LogP) is 0.833. The summed E-state index contributed by atoms with van der Waals surface area (Å²) in [5.74, 6) is -0.596. The molecule has 0 fully saturated rings. The van der Waals surface area contributed by atoms with Gasteiger partial charge in [0.1, 0.15) is 0 Å². The molecular formula is C6H8O3. The van der Waals surface area contributed by atoms with Crippen molar-refractivity contribution in [1.82, 2.24) is 0 Å². The lowest BCUT2D eigenvalue weighted by Gasteiger charge is -2.00. The number of methoxy groups -OCH3 is 1. The molecule has 0 aromatic heterocycles. The van der Waals surface area contributed by atoms with E-state index in [1.54, 1.807) is 0 Å². The van der Waals surface area contributed by atoms with Crippen LogP contribution in [0.4, 0.5) is 0 Å². The number of rotatable bonds is 3. The van der Waals surface area contributed by atoms with Crippen molar-refractivity contribution in [2.24, 2.45) is 0 Å². The maximum atomic E-state index is 10.3. The molecule has 0 bridgehead atoms. The molecule has 0 atom stereocenters. The molecule has 0 aromatic rings. The van der Waals surface area contributed by atoms with Gasteiger partial charge in [0.2, 0.25) is 0 Å². The van der Waals surface area contributed by atoms with Crippen LogP contribution >= 0.6 is 0 Å². The Kier molecular flexibility index (Phi) is 3.20. The van der Waals surface area contributed by atoms with Crippen molar-refractivity contribution in [2.45, 2.75) is 0 Å². The van der Waals surface area contributed by atoms with E-state index >= 15 is 0 Å². The molecule has 0 aliphatic heterocycles. The molecule has 9 heavy (non-hydrogen) atoms. The van der Waals surface area contributed by atoms with Crippen molar-refractivity contribution in [1.29, 1.82) is 0 Å². The quantitative estimate of drug-likeness (QED) is 0.321. The largest absolute Gasteiger partial charge is 0.469 e. The number of carbonyl (C=O) groups is 1. The summed E-state index contributed by atoms with van der Waals surface area (Å²) in [5, 5.41) is 0. The summed E-state index contributed by atoms with van der Waals surface area (Å²) in [6.45, 7) is 6.42. The first kappa shape index (κ1) is 7.75. The molecule has 3 heteroatoms. The first-order valence-electron chi connectivity index (χ1n) is 2.28. The molecule has 3 nitrogen and oxygen atoms in total. The smallest absolute Gasteiger partial charge is 0.337 e. The number of esters is 1. The van der Waals surface area contributed by atoms with Gasteiger partial charge in [-0.05, 0) is 6.58 Å². The Morgan fingerprint density at radius 1 is 1.67 bits per heavy atom. The molecule has 0 aromatic carbocycles. The van der Waals surface area contributed by atoms with Crippen LogP contribution < -0.4 is 0 Å². The van der Waals surface area contributed by atoms with Gasteiger partial charge in [0.15, 0.2) is 0 Å². The number of carbonyl (C=O) groups excluding carboxylic acids is 1. The molecule has 0 radical (unpaired) electrons. The van der Waals surface area contributed by atoms with Gasteiger partial charge < -0.3 is 9.47 Å². The van der Waals surface area contributed by atoms with Gasteiger partial charge in [-0.3, -0.25) is 0 Å². The van der Waals surface area contributed by atoms with E-state index in [0.717, 1.165) is 6.08 Å². The lowest BCUT2D eigenvalue weighted by molar-refractivity contribution is -0.138. The molecule has 0 amide bonds. The van der Waals surface area contributed by atoms with Gasteiger partial charge in [0.25, 0.3) is 5.95 Å². The van der Waals surface area contributed by atoms with Gasteiger partial charge in [0.05, 0.1) is 7.11 Å². The lowest BCUT2D eigenvalue weighted by atomic mass is 10.7. The summed E-state index contributed by atoms with van der Waals surface area (Å²) >= 11 is 0. The summed E-state index contributed by atoms with van der Waals surface area (Å²) < 4.78 is 8.81. The zero-order valence-electron chi connectivity index (χ0n) is 5.22. The minimum atomic E-state index is -0.568. The molecule has 0 spiro atoms. The molecule has 50 valence electrons. The summed E-state index contributed by atoms with van der Waals surface area (Å²) in [7, 11) is 1.36. The Balaban J connectivity index is 3.59. The fraction of sp³-hybridized carbons (Fsp3) is 0.167. The van der Waals surface area contributed by atoms with Gasteiger partial charge in [-0.25, -0.2) is 4.79 Å². The maximum Gasteiger partial charge on any atom is 0.337 e. The second kappa shape index (κ2) is 3.72. The second-order valence-electron chi connectivity index (χ2n) is 1.20. The number of hydrogen-bond acceptors (Lipinski definition) is 3. The molecular weight excluding hydrogens is 120 g/mol. The molecule has 0 aliphatic rings. The van der Waals surface area contributed by atoms with Crippen LogP contribution in [0.2, 0.25) is 0 Å². The highest BCUT2D eigenvalue weighted by molar-refractivity contribution is 5.81. The molecule has 0 aliphatic carbocycles. The van der Waals surface area contributed by atoms with Crippen molar-refractivity contribution in [3.63, 3.8) is 0 Å². The summed E-state index contributed by atoms with van der Waals surface area (Å²) in [5.41, 5.74) is 0. The van der Waals surface area contributed by atoms with E-state index in [0.29, 0.717) is 0 Å². The highest BCUT2D eigenvalue weighted by Crippen LogP contribution is 1.93. The number of ether oxygens (including phenoxy) is 2. The Hall–Kier alpha value is -1.25. The van der Waals surface area contributed by atoms with E-state index in [2.05, 4.69) is 22.6 Å². The monoisotopic (exact) mass is 128 g/mol. The summed E-state index contributed by atoms with van der Waals surface area (Å²) in [4.78, 5) is 10.3. The Morgan fingerprint density at radius 3 is 2.56 bits per heavy atom. The third-order valence-electron chi connectivity index (χ3n) is 0.609. The van der Waals surface area contributed by atoms with Crippen LogP contribution in [0.5, 0.6) is 0 Å². The zero-order chi connectivity index (χ0) is 7.28. The van der Waals surface area contributed by atoms with Gasteiger partial charge in [-0.1, -0.05) is 6.58 Å². The van der Waals surface area contributed by atoms with E-state index < -0.39 is 5.97 Å². The molecule has 0 unspecified atom stereocenters. The van der Waals surface area contributed by atoms with E-state index in [1.165, 1.54) is 7.11 Å². The second-order valence-corrected chi connectivity index (χ2v) is 1.20. The van der Waals surface area contributed by atoms with E-state index in [1.807, 2.05) is 0 Å². The van der Waals surface area contributed by atoms with Gasteiger partial charge in [0, 0.05) is 6.08 Å². The van der Waals surface area contributed by atoms with E-state index in [4.69, 9.17) is 0 Å². The highest BCUT2D eigenvalue weighted by atomic mass is 16.7. The summed E-state index contributed by atoms with van der Waals surface area (Å²) in [6.07, 6.45) is 1.03. The van der Waals surface area contributed by atoms with Crippen LogP contribution in [0.1, 0.15) is 0 Å². The molecule has 0 saturated carbocycles. The molecule has 0 N–H and O–H groups in total. The first-order chi connectivity index (χ1) is 4.20. The van der Waals surface area contributed by atoms with Crippen molar-refractivity contribution >= 4 is 5.97 Å². The molecule has 0 saturated heterocycles. The van der Waals surface area contributed by atoms with Gasteiger partial charge in [-0.15, -0.1) is 0 Å². The average Bonchev–Trinajstić information content (AvgIpc) is 1.87. The highest BCUT2D eigenvalue weighted by Gasteiger charge is 1.96. The standard InChI is InChI=1S/C6H8O3/c1-4-6(7)9-5(2)8-3/h4H,1-2H2,3H3. The normalized spacial score (nSPS) is 7.67. The van der Waals surface area contributed by atoms with E-state index in [9.17, 15) is 4.79 Å². The topological polar surface area (TPSA) is 35.5 Å². The molecule has 0 heterocycles. The van der Waals surface area contributed by atoms with Gasteiger partial charge in [-0.2, -0.15) is 0 Å². The number of hydrogen-bond donors (Lipinski definition) is 0. The van der Waals surface area contributed by atoms with Crippen LogP contribution in [0, 0.1) is 0 Å². The zero-order valence-corrected chi connectivity index (χ0v) is 5.22. The SMILES string of the molecule is C=CC(=O)OC(=C)OC. The van der Waals surface area contributed by atoms with Crippen LogP contribution in [-0.4, -0.2) is 13.1 Å². The van der Waals surface area contributed by atoms with Gasteiger partial charge >= 0.3 is 5.97 Å². The van der Waals surface area contributed by atoms with Crippen molar-refractivity contribution in [2.75, 3.05) is 7.11 Å². The fourth-order valence-corrected chi connectivity index (χ4v) is 0.196. The van der Waals surface area contributed by atoms with Crippen molar-refractivity contribution in [3.05, 3.63) is 25.2 Å². The average molecular weight is 128 g/mol. The van der Waals surface area contributed by atoms with Crippen LogP contribution in [-0.2, 0) is 14.3 Å². The van der Waals surface area contributed by atoms with Crippen LogP contribution in [0.15, 0.2) is 25.2 Å². The Labute approximate surface area is 53.6 Å². The maximum absolute atomic E-state index is 10.3. The third-order valence-corrected chi connectivity index (χ3v) is 0.609. The third kappa shape index (κ3) is 3.34. The minimum Gasteiger partial charge on any atom is -0.469 e. The van der Waals surface area contributed by atoms with E-state index in [-0.39, 0.29) is 5.95 Å². The predicted molar refractivity (Wildman–Crippen MR) is 32.4 cm³/mol. The van der Waals surface area contributed by atoms with Crippen molar-refractivity contribution in [3.8, 4) is 0 Å². The lowest BCUT2D eigenvalue weighted by Crippen LogP contribution is -1.99. The minimum absolute atomic E-state index is 0.0279. The van der Waals surface area contributed by atoms with Crippen LogP contribution in [0.25, 0.3) is 0 Å². The van der Waals surface area contributed by atoms with Crippen molar-refractivity contribution < 1.29 is 14.3 Å².